The molecule has 1 saturated heterocycles. The number of anilines is 1. The summed E-state index contributed by atoms with van der Waals surface area (Å²) in [4.78, 5) is 24.5. The molecule has 2 rings (SSSR count). The molecule has 108 valence electrons. The van der Waals surface area contributed by atoms with Gasteiger partial charge >= 0.3 is 12.0 Å². The Labute approximate surface area is 115 Å². The first kappa shape index (κ1) is 14.3. The zero-order valence-corrected chi connectivity index (χ0v) is 10.9. The van der Waals surface area contributed by atoms with Crippen LogP contribution in [0.2, 0.25) is 0 Å². The molecule has 1 atom stereocenters. The van der Waals surface area contributed by atoms with Crippen LogP contribution in [0.15, 0.2) is 18.2 Å². The molecular weight excluding hydrogens is 267 g/mol. The number of carboxylic acids is 1. The Bertz CT molecular complexity index is 535. The van der Waals surface area contributed by atoms with Crippen molar-refractivity contribution in [3.05, 3.63) is 29.6 Å². The van der Waals surface area contributed by atoms with E-state index in [-0.39, 0.29) is 17.4 Å². The lowest BCUT2D eigenvalue weighted by molar-refractivity contribution is 0.0698. The lowest BCUT2D eigenvalue weighted by atomic mass is 10.2. The number of aromatic carboxylic acids is 1. The molecule has 0 spiro atoms. The highest BCUT2D eigenvalue weighted by Gasteiger charge is 2.26. The average Bonchev–Trinajstić information content (AvgIpc) is 2.87. The molecule has 6 nitrogen and oxygen atoms in total. The molecule has 1 aromatic carbocycles. The lowest BCUT2D eigenvalue weighted by Crippen LogP contribution is -2.34. The van der Waals surface area contributed by atoms with Crippen molar-refractivity contribution < 1.29 is 23.8 Å². The zero-order valence-electron chi connectivity index (χ0n) is 10.9. The molecule has 1 aliphatic rings. The Balaban J connectivity index is 2.11. The zero-order chi connectivity index (χ0) is 14.7. The van der Waals surface area contributed by atoms with E-state index in [9.17, 15) is 14.0 Å². The van der Waals surface area contributed by atoms with E-state index in [1.165, 1.54) is 4.90 Å². The highest BCUT2D eigenvalue weighted by atomic mass is 19.1. The van der Waals surface area contributed by atoms with Gasteiger partial charge in [0.15, 0.2) is 0 Å². The van der Waals surface area contributed by atoms with E-state index in [0.717, 1.165) is 24.6 Å². The van der Waals surface area contributed by atoms with Gasteiger partial charge in [0.1, 0.15) is 5.82 Å². The molecule has 20 heavy (non-hydrogen) atoms. The van der Waals surface area contributed by atoms with E-state index in [2.05, 4.69) is 5.32 Å². The highest BCUT2D eigenvalue weighted by molar-refractivity contribution is 6.00. The fourth-order valence-electron chi connectivity index (χ4n) is 2.11. The smallest absolute Gasteiger partial charge is 0.337 e. The molecule has 2 N–H and O–H groups in total. The number of urea groups is 1. The molecule has 0 aromatic heterocycles. The number of carbonyl (C=O) groups excluding carboxylic acids is 1. The van der Waals surface area contributed by atoms with Gasteiger partial charge in [-0.15, -0.1) is 0 Å². The predicted octanol–water partition coefficient (Wildman–Crippen LogP) is 1.78. The van der Waals surface area contributed by atoms with Gasteiger partial charge in [-0.05, 0) is 24.6 Å². The van der Waals surface area contributed by atoms with Gasteiger partial charge < -0.3 is 20.1 Å². The Morgan fingerprint density at radius 1 is 1.50 bits per heavy atom. The highest BCUT2D eigenvalue weighted by Crippen LogP contribution is 2.19. The van der Waals surface area contributed by atoms with Crippen molar-refractivity contribution in [2.75, 3.05) is 25.5 Å². The first-order chi connectivity index (χ1) is 9.51. The van der Waals surface area contributed by atoms with E-state index in [1.807, 2.05) is 0 Å². The Morgan fingerprint density at radius 3 is 2.85 bits per heavy atom. The van der Waals surface area contributed by atoms with Crippen molar-refractivity contribution in [2.45, 2.75) is 12.5 Å². The summed E-state index contributed by atoms with van der Waals surface area (Å²) < 4.78 is 18.3. The van der Waals surface area contributed by atoms with Crippen LogP contribution < -0.4 is 5.32 Å². The van der Waals surface area contributed by atoms with Crippen molar-refractivity contribution in [3.63, 3.8) is 0 Å². The number of halogens is 1. The monoisotopic (exact) mass is 282 g/mol. The number of benzene rings is 1. The summed E-state index contributed by atoms with van der Waals surface area (Å²) in [5, 5.41) is 11.4. The van der Waals surface area contributed by atoms with Gasteiger partial charge in [-0.3, -0.25) is 0 Å². The molecule has 1 heterocycles. The lowest BCUT2D eigenvalue weighted by Gasteiger charge is -2.18. The fourth-order valence-corrected chi connectivity index (χ4v) is 2.11. The second-order valence-corrected chi connectivity index (χ2v) is 4.52. The standard InChI is InChI=1S/C13H15FN2O4/c1-20-9-4-5-16(7-9)13(19)15-11-6-8(14)2-3-10(11)12(17)18/h2-3,6,9H,4-5,7H2,1H3,(H,15,19)(H,17,18). The number of hydrogen-bond acceptors (Lipinski definition) is 3. The van der Waals surface area contributed by atoms with E-state index in [0.29, 0.717) is 13.1 Å². The van der Waals surface area contributed by atoms with Crippen molar-refractivity contribution in [3.8, 4) is 0 Å². The molecule has 0 saturated carbocycles. The summed E-state index contributed by atoms with van der Waals surface area (Å²) in [6.45, 7) is 0.947. The van der Waals surface area contributed by atoms with Gasteiger partial charge in [0.05, 0.1) is 17.4 Å². The summed E-state index contributed by atoms with van der Waals surface area (Å²) in [5.41, 5.74) is -0.203. The second-order valence-electron chi connectivity index (χ2n) is 4.52. The van der Waals surface area contributed by atoms with Crippen LogP contribution in [0.5, 0.6) is 0 Å². The maximum Gasteiger partial charge on any atom is 0.337 e. The number of ether oxygens (including phenoxy) is 1. The van der Waals surface area contributed by atoms with E-state index < -0.39 is 17.8 Å². The van der Waals surface area contributed by atoms with Crippen molar-refractivity contribution in [1.29, 1.82) is 0 Å². The number of likely N-dealkylation sites (tertiary alicyclic amines) is 1. The Kier molecular flexibility index (Phi) is 4.19. The van der Waals surface area contributed by atoms with E-state index >= 15 is 0 Å². The van der Waals surface area contributed by atoms with Crippen LogP contribution in [0.25, 0.3) is 0 Å². The maximum atomic E-state index is 13.2. The first-order valence-corrected chi connectivity index (χ1v) is 6.13. The molecular formula is C13H15FN2O4. The van der Waals surface area contributed by atoms with Crippen LogP contribution >= 0.6 is 0 Å². The molecule has 2 amide bonds. The molecule has 1 fully saturated rings. The van der Waals surface area contributed by atoms with Gasteiger partial charge in [-0.25, -0.2) is 14.0 Å². The summed E-state index contributed by atoms with van der Waals surface area (Å²) in [6.07, 6.45) is 0.700. The number of rotatable bonds is 3. The van der Waals surface area contributed by atoms with Crippen molar-refractivity contribution >= 4 is 17.7 Å². The van der Waals surface area contributed by atoms with Gasteiger partial charge in [-0.1, -0.05) is 0 Å². The number of hydrogen-bond donors (Lipinski definition) is 2. The predicted molar refractivity (Wildman–Crippen MR) is 69.4 cm³/mol. The van der Waals surface area contributed by atoms with Crippen LogP contribution in [0, 0.1) is 5.82 Å². The number of methoxy groups -OCH3 is 1. The quantitative estimate of drug-likeness (QED) is 0.885. The van der Waals surface area contributed by atoms with Crippen molar-refractivity contribution in [2.24, 2.45) is 0 Å². The molecule has 1 aliphatic heterocycles. The molecule has 0 bridgehead atoms. The topological polar surface area (TPSA) is 78.9 Å². The summed E-state index contributed by atoms with van der Waals surface area (Å²) >= 11 is 0. The van der Waals surface area contributed by atoms with Gasteiger partial charge in [-0.2, -0.15) is 0 Å². The van der Waals surface area contributed by atoms with Crippen LogP contribution in [-0.2, 0) is 4.74 Å². The SMILES string of the molecule is COC1CCN(C(=O)Nc2cc(F)ccc2C(=O)O)C1. The fraction of sp³-hybridized carbons (Fsp3) is 0.385. The number of carbonyl (C=O) groups is 2. The molecule has 0 radical (unpaired) electrons. The molecule has 1 aromatic rings. The third-order valence-electron chi connectivity index (χ3n) is 3.22. The third kappa shape index (κ3) is 3.05. The minimum absolute atomic E-state index is 0.0211. The average molecular weight is 282 g/mol. The minimum Gasteiger partial charge on any atom is -0.478 e. The van der Waals surface area contributed by atoms with E-state index in [1.54, 1.807) is 7.11 Å². The van der Waals surface area contributed by atoms with Crippen molar-refractivity contribution in [1.82, 2.24) is 4.90 Å². The normalized spacial score (nSPS) is 18.1. The number of carboxylic acid groups (broad SMARTS) is 1. The number of nitrogens with one attached hydrogen (secondary N) is 1. The van der Waals surface area contributed by atoms with Crippen LogP contribution in [0.1, 0.15) is 16.8 Å². The number of amides is 2. The van der Waals surface area contributed by atoms with Gasteiger partial charge in [0, 0.05) is 20.2 Å². The Hall–Kier alpha value is -2.15. The van der Waals surface area contributed by atoms with Crippen LogP contribution in [0.3, 0.4) is 0 Å². The van der Waals surface area contributed by atoms with E-state index in [4.69, 9.17) is 9.84 Å². The van der Waals surface area contributed by atoms with Gasteiger partial charge in [0.25, 0.3) is 0 Å². The van der Waals surface area contributed by atoms with Crippen LogP contribution in [0.4, 0.5) is 14.9 Å². The largest absolute Gasteiger partial charge is 0.478 e. The first-order valence-electron chi connectivity index (χ1n) is 6.13. The van der Waals surface area contributed by atoms with Crippen LogP contribution in [-0.4, -0.2) is 48.3 Å². The molecule has 1 unspecified atom stereocenters. The second kappa shape index (κ2) is 5.87. The molecule has 7 heteroatoms. The minimum atomic E-state index is -1.23. The summed E-state index contributed by atoms with van der Waals surface area (Å²) in [5.74, 6) is -1.84. The Morgan fingerprint density at radius 2 is 2.25 bits per heavy atom. The summed E-state index contributed by atoms with van der Waals surface area (Å²) in [7, 11) is 1.57. The summed E-state index contributed by atoms with van der Waals surface area (Å²) in [6, 6.07) is 2.69. The maximum absolute atomic E-state index is 13.2. The molecule has 0 aliphatic carbocycles. The van der Waals surface area contributed by atoms with Gasteiger partial charge in [0.2, 0.25) is 0 Å². The number of nitrogens with zero attached hydrogens (tertiary/aromatic N) is 1. The third-order valence-corrected chi connectivity index (χ3v) is 3.22.